The van der Waals surface area contributed by atoms with E-state index in [-0.39, 0.29) is 0 Å². The highest BCUT2D eigenvalue weighted by Crippen LogP contribution is 2.33. The van der Waals surface area contributed by atoms with Gasteiger partial charge in [-0.3, -0.25) is 9.69 Å². The SMILES string of the molecule is CC(C)CCN1C(=O)CC[C@@H]2CN(C3CC=CC3)CC[C@@H]21. The number of fused-ring (bicyclic) bond motifs is 1. The summed E-state index contributed by atoms with van der Waals surface area (Å²) in [6, 6.07) is 1.27. The number of hydrogen-bond donors (Lipinski definition) is 0. The Morgan fingerprint density at radius 2 is 2.00 bits per heavy atom. The minimum absolute atomic E-state index is 0.410. The molecule has 0 aromatic rings. The van der Waals surface area contributed by atoms with Crippen molar-refractivity contribution in [1.29, 1.82) is 0 Å². The molecule has 0 radical (unpaired) electrons. The van der Waals surface area contributed by atoms with Crippen LogP contribution in [0.3, 0.4) is 0 Å². The van der Waals surface area contributed by atoms with Crippen molar-refractivity contribution in [3.8, 4) is 0 Å². The summed E-state index contributed by atoms with van der Waals surface area (Å²) < 4.78 is 0. The molecule has 3 aliphatic rings. The third-order valence-corrected chi connectivity index (χ3v) is 5.62. The largest absolute Gasteiger partial charge is 0.339 e. The summed E-state index contributed by atoms with van der Waals surface area (Å²) in [7, 11) is 0. The van der Waals surface area contributed by atoms with E-state index in [2.05, 4.69) is 35.8 Å². The van der Waals surface area contributed by atoms with E-state index >= 15 is 0 Å². The Labute approximate surface area is 129 Å². The predicted molar refractivity (Wildman–Crippen MR) is 86.0 cm³/mol. The highest BCUT2D eigenvalue weighted by Gasteiger charge is 2.40. The second-order valence-corrected chi connectivity index (χ2v) is 7.52. The lowest BCUT2D eigenvalue weighted by Crippen LogP contribution is -2.57. The van der Waals surface area contributed by atoms with Crippen LogP contribution in [0.5, 0.6) is 0 Å². The van der Waals surface area contributed by atoms with Crippen molar-refractivity contribution in [3.63, 3.8) is 0 Å². The second kappa shape index (κ2) is 6.51. The Morgan fingerprint density at radius 1 is 1.24 bits per heavy atom. The molecule has 0 unspecified atom stereocenters. The van der Waals surface area contributed by atoms with E-state index in [4.69, 9.17) is 0 Å². The molecule has 2 atom stereocenters. The van der Waals surface area contributed by atoms with E-state index < -0.39 is 0 Å². The van der Waals surface area contributed by atoms with Gasteiger partial charge in [-0.15, -0.1) is 0 Å². The topological polar surface area (TPSA) is 23.6 Å². The quantitative estimate of drug-likeness (QED) is 0.743. The zero-order valence-corrected chi connectivity index (χ0v) is 13.6. The lowest BCUT2D eigenvalue weighted by Gasteiger charge is -2.48. The summed E-state index contributed by atoms with van der Waals surface area (Å²) in [6.45, 7) is 7.87. The van der Waals surface area contributed by atoms with Gasteiger partial charge in [0, 0.05) is 38.1 Å². The fourth-order valence-electron chi connectivity index (χ4n) is 4.30. The van der Waals surface area contributed by atoms with Crippen molar-refractivity contribution in [2.45, 2.75) is 64.5 Å². The van der Waals surface area contributed by atoms with Crippen molar-refractivity contribution in [3.05, 3.63) is 12.2 Å². The van der Waals surface area contributed by atoms with Crippen LogP contribution in [-0.2, 0) is 4.79 Å². The van der Waals surface area contributed by atoms with Crippen LogP contribution in [0.15, 0.2) is 12.2 Å². The van der Waals surface area contributed by atoms with Crippen molar-refractivity contribution in [1.82, 2.24) is 9.80 Å². The summed E-state index contributed by atoms with van der Waals surface area (Å²) in [5.41, 5.74) is 0. The Balaban J connectivity index is 1.60. The average molecular weight is 290 g/mol. The molecule has 0 aromatic heterocycles. The standard InChI is InChI=1S/C18H30N2O/c1-14(2)9-12-20-17-10-11-19(16-5-3-4-6-16)13-15(17)7-8-18(20)21/h3-4,14-17H,5-13H2,1-2H3/t15-,17+/m1/s1. The fourth-order valence-corrected chi connectivity index (χ4v) is 4.30. The molecule has 0 bridgehead atoms. The van der Waals surface area contributed by atoms with Crippen LogP contribution in [0.2, 0.25) is 0 Å². The molecule has 118 valence electrons. The third-order valence-electron chi connectivity index (χ3n) is 5.62. The molecule has 2 aliphatic heterocycles. The van der Waals surface area contributed by atoms with E-state index in [0.29, 0.717) is 23.8 Å². The number of hydrogen-bond acceptors (Lipinski definition) is 2. The van der Waals surface area contributed by atoms with E-state index in [1.165, 1.54) is 32.4 Å². The first kappa shape index (κ1) is 15.1. The number of nitrogens with zero attached hydrogens (tertiary/aromatic N) is 2. The summed E-state index contributed by atoms with van der Waals surface area (Å²) >= 11 is 0. The van der Waals surface area contributed by atoms with Crippen LogP contribution < -0.4 is 0 Å². The molecule has 21 heavy (non-hydrogen) atoms. The van der Waals surface area contributed by atoms with Crippen LogP contribution in [0.25, 0.3) is 0 Å². The van der Waals surface area contributed by atoms with Gasteiger partial charge in [0.1, 0.15) is 0 Å². The van der Waals surface area contributed by atoms with E-state index in [0.717, 1.165) is 31.8 Å². The average Bonchev–Trinajstić information content (AvgIpc) is 2.99. The summed E-state index contributed by atoms with van der Waals surface area (Å²) in [4.78, 5) is 17.2. The number of piperidine rings is 2. The van der Waals surface area contributed by atoms with Crippen LogP contribution in [0.1, 0.15) is 52.4 Å². The molecule has 0 spiro atoms. The second-order valence-electron chi connectivity index (χ2n) is 7.52. The molecule has 3 nitrogen and oxygen atoms in total. The smallest absolute Gasteiger partial charge is 0.222 e. The molecular weight excluding hydrogens is 260 g/mol. The molecular formula is C18H30N2O. The zero-order chi connectivity index (χ0) is 14.8. The summed E-state index contributed by atoms with van der Waals surface area (Å²) in [5, 5.41) is 0. The highest BCUT2D eigenvalue weighted by molar-refractivity contribution is 5.77. The number of carbonyl (C=O) groups is 1. The molecule has 1 amide bonds. The summed E-state index contributed by atoms with van der Waals surface area (Å²) in [6.07, 6.45) is 11.3. The maximum absolute atomic E-state index is 12.3. The van der Waals surface area contributed by atoms with Gasteiger partial charge in [0.25, 0.3) is 0 Å². The number of carbonyl (C=O) groups excluding carboxylic acids is 1. The Hall–Kier alpha value is -0.830. The molecule has 1 aliphatic carbocycles. The maximum Gasteiger partial charge on any atom is 0.222 e. The van der Waals surface area contributed by atoms with Crippen LogP contribution in [0.4, 0.5) is 0 Å². The Kier molecular flexibility index (Phi) is 4.68. The molecule has 3 heteroatoms. The molecule has 2 fully saturated rings. The van der Waals surface area contributed by atoms with Gasteiger partial charge in [-0.05, 0) is 43.9 Å². The number of rotatable bonds is 4. The molecule has 0 N–H and O–H groups in total. The van der Waals surface area contributed by atoms with Gasteiger partial charge in [0.15, 0.2) is 0 Å². The Bertz CT molecular complexity index is 396. The van der Waals surface area contributed by atoms with Gasteiger partial charge < -0.3 is 4.90 Å². The van der Waals surface area contributed by atoms with Gasteiger partial charge >= 0.3 is 0 Å². The number of likely N-dealkylation sites (tertiary alicyclic amines) is 2. The molecule has 0 saturated carbocycles. The van der Waals surface area contributed by atoms with Gasteiger partial charge in [0.05, 0.1) is 0 Å². The van der Waals surface area contributed by atoms with Crippen LogP contribution >= 0.6 is 0 Å². The molecule has 0 aromatic carbocycles. The van der Waals surface area contributed by atoms with Crippen molar-refractivity contribution in [2.75, 3.05) is 19.6 Å². The van der Waals surface area contributed by atoms with E-state index in [9.17, 15) is 4.79 Å². The first-order chi connectivity index (χ1) is 10.1. The molecule has 2 heterocycles. The number of amides is 1. The van der Waals surface area contributed by atoms with Crippen molar-refractivity contribution < 1.29 is 4.79 Å². The first-order valence-corrected chi connectivity index (χ1v) is 8.83. The van der Waals surface area contributed by atoms with Crippen molar-refractivity contribution in [2.24, 2.45) is 11.8 Å². The lowest BCUT2D eigenvalue weighted by atomic mass is 9.82. The maximum atomic E-state index is 12.3. The molecule has 2 saturated heterocycles. The van der Waals surface area contributed by atoms with E-state index in [1.54, 1.807) is 0 Å². The van der Waals surface area contributed by atoms with Gasteiger partial charge in [-0.2, -0.15) is 0 Å². The lowest BCUT2D eigenvalue weighted by molar-refractivity contribution is -0.141. The van der Waals surface area contributed by atoms with E-state index in [1.807, 2.05) is 0 Å². The molecule has 3 rings (SSSR count). The minimum atomic E-state index is 0.410. The third kappa shape index (κ3) is 3.33. The minimum Gasteiger partial charge on any atom is -0.339 e. The monoisotopic (exact) mass is 290 g/mol. The van der Waals surface area contributed by atoms with Gasteiger partial charge in [0.2, 0.25) is 5.91 Å². The fraction of sp³-hybridized carbons (Fsp3) is 0.833. The first-order valence-electron chi connectivity index (χ1n) is 8.83. The normalized spacial score (nSPS) is 31.2. The Morgan fingerprint density at radius 3 is 2.71 bits per heavy atom. The highest BCUT2D eigenvalue weighted by atomic mass is 16.2. The van der Waals surface area contributed by atoms with Crippen molar-refractivity contribution >= 4 is 5.91 Å². The van der Waals surface area contributed by atoms with Crippen LogP contribution in [-0.4, -0.2) is 47.4 Å². The zero-order valence-electron chi connectivity index (χ0n) is 13.6. The summed E-state index contributed by atoms with van der Waals surface area (Å²) in [5.74, 6) is 1.81. The van der Waals surface area contributed by atoms with Gasteiger partial charge in [-0.1, -0.05) is 26.0 Å². The van der Waals surface area contributed by atoms with Gasteiger partial charge in [-0.25, -0.2) is 0 Å². The van der Waals surface area contributed by atoms with Crippen LogP contribution in [0, 0.1) is 11.8 Å². The predicted octanol–water partition coefficient (Wildman–Crippen LogP) is 3.06.